The maximum atomic E-state index is 5.60. The highest BCUT2D eigenvalue weighted by atomic mass is 32.1. The fraction of sp³-hybridized carbons (Fsp3) is 0.533. The predicted molar refractivity (Wildman–Crippen MR) is 83.8 cm³/mol. The number of anilines is 1. The van der Waals surface area contributed by atoms with Gasteiger partial charge in [-0.3, -0.25) is 0 Å². The van der Waals surface area contributed by atoms with Gasteiger partial charge in [0, 0.05) is 13.1 Å². The molecule has 104 valence electrons. The van der Waals surface area contributed by atoms with E-state index in [1.807, 2.05) is 31.2 Å². The monoisotopic (exact) mass is 278 g/mol. The fourth-order valence-electron chi connectivity index (χ4n) is 2.26. The first-order valence-corrected chi connectivity index (χ1v) is 7.39. The first-order chi connectivity index (χ1) is 9.20. The van der Waals surface area contributed by atoms with Crippen molar-refractivity contribution in [3.63, 3.8) is 0 Å². The molecule has 0 saturated carbocycles. The van der Waals surface area contributed by atoms with Crippen molar-refractivity contribution in [3.8, 4) is 5.75 Å². The van der Waals surface area contributed by atoms with E-state index in [1.54, 1.807) is 0 Å². The SMILES string of the molecule is CCOc1ccccc1NC(=S)N1CCC(C)CC1. The van der Waals surface area contributed by atoms with E-state index in [2.05, 4.69) is 17.1 Å². The fourth-order valence-corrected chi connectivity index (χ4v) is 2.55. The smallest absolute Gasteiger partial charge is 0.173 e. The normalized spacial score (nSPS) is 16.2. The molecular formula is C15H22N2OS. The Labute approximate surface area is 120 Å². The molecule has 0 amide bonds. The molecule has 1 aromatic rings. The lowest BCUT2D eigenvalue weighted by Crippen LogP contribution is -2.40. The summed E-state index contributed by atoms with van der Waals surface area (Å²) in [6, 6.07) is 7.93. The molecule has 1 N–H and O–H groups in total. The van der Waals surface area contributed by atoms with Crippen LogP contribution < -0.4 is 10.1 Å². The molecule has 0 bridgehead atoms. The van der Waals surface area contributed by atoms with Gasteiger partial charge in [-0.25, -0.2) is 0 Å². The summed E-state index contributed by atoms with van der Waals surface area (Å²) in [4.78, 5) is 2.25. The molecule has 0 atom stereocenters. The molecular weight excluding hydrogens is 256 g/mol. The van der Waals surface area contributed by atoms with Gasteiger partial charge in [-0.2, -0.15) is 0 Å². The first-order valence-electron chi connectivity index (χ1n) is 6.98. The average Bonchev–Trinajstić information content (AvgIpc) is 2.42. The summed E-state index contributed by atoms with van der Waals surface area (Å²) in [5, 5.41) is 4.12. The van der Waals surface area contributed by atoms with Crippen LogP contribution in [0.25, 0.3) is 0 Å². The van der Waals surface area contributed by atoms with E-state index in [4.69, 9.17) is 17.0 Å². The number of rotatable bonds is 3. The van der Waals surface area contributed by atoms with Gasteiger partial charge >= 0.3 is 0 Å². The van der Waals surface area contributed by atoms with Crippen LogP contribution in [0.3, 0.4) is 0 Å². The largest absolute Gasteiger partial charge is 0.492 e. The van der Waals surface area contributed by atoms with Crippen LogP contribution in [0.15, 0.2) is 24.3 Å². The van der Waals surface area contributed by atoms with E-state index in [0.29, 0.717) is 6.61 Å². The molecule has 0 spiro atoms. The number of nitrogens with one attached hydrogen (secondary N) is 1. The third kappa shape index (κ3) is 3.83. The minimum atomic E-state index is 0.659. The van der Waals surface area contributed by atoms with Gasteiger partial charge in [0.2, 0.25) is 0 Å². The number of piperidine rings is 1. The summed E-state index contributed by atoms with van der Waals surface area (Å²) in [6.07, 6.45) is 2.43. The summed E-state index contributed by atoms with van der Waals surface area (Å²) < 4.78 is 5.60. The molecule has 1 aliphatic rings. The summed E-state index contributed by atoms with van der Waals surface area (Å²) >= 11 is 5.50. The van der Waals surface area contributed by atoms with Gasteiger partial charge in [-0.15, -0.1) is 0 Å². The van der Waals surface area contributed by atoms with Gasteiger partial charge in [-0.1, -0.05) is 19.1 Å². The molecule has 1 fully saturated rings. The molecule has 0 aromatic heterocycles. The molecule has 4 heteroatoms. The van der Waals surface area contributed by atoms with Crippen molar-refractivity contribution in [2.45, 2.75) is 26.7 Å². The van der Waals surface area contributed by atoms with Gasteiger partial charge < -0.3 is 15.0 Å². The van der Waals surface area contributed by atoms with Gasteiger partial charge in [0.05, 0.1) is 12.3 Å². The van der Waals surface area contributed by atoms with Crippen LogP contribution in [0.5, 0.6) is 5.75 Å². The quantitative estimate of drug-likeness (QED) is 0.855. The molecule has 1 saturated heterocycles. The Morgan fingerprint density at radius 3 is 2.74 bits per heavy atom. The average molecular weight is 278 g/mol. The van der Waals surface area contributed by atoms with Gasteiger partial charge in [0.1, 0.15) is 5.75 Å². The van der Waals surface area contributed by atoms with Crippen molar-refractivity contribution in [2.75, 3.05) is 25.0 Å². The summed E-state index contributed by atoms with van der Waals surface area (Å²) in [5.74, 6) is 1.67. The lowest BCUT2D eigenvalue weighted by Gasteiger charge is -2.32. The molecule has 1 heterocycles. The van der Waals surface area contributed by atoms with E-state index in [1.165, 1.54) is 12.8 Å². The molecule has 19 heavy (non-hydrogen) atoms. The van der Waals surface area contributed by atoms with Crippen LogP contribution in [-0.2, 0) is 0 Å². The van der Waals surface area contributed by atoms with Gasteiger partial charge in [0.15, 0.2) is 5.11 Å². The van der Waals surface area contributed by atoms with Gasteiger partial charge in [-0.05, 0) is 50.0 Å². The second-order valence-corrected chi connectivity index (χ2v) is 5.42. The van der Waals surface area contributed by atoms with Crippen molar-refractivity contribution < 1.29 is 4.74 Å². The zero-order valence-corrected chi connectivity index (χ0v) is 12.5. The second-order valence-electron chi connectivity index (χ2n) is 5.03. The van der Waals surface area contributed by atoms with Crippen molar-refractivity contribution in [3.05, 3.63) is 24.3 Å². The maximum absolute atomic E-state index is 5.60. The molecule has 0 aliphatic carbocycles. The second kappa shape index (κ2) is 6.75. The van der Waals surface area contributed by atoms with E-state index >= 15 is 0 Å². The van der Waals surface area contributed by atoms with Crippen molar-refractivity contribution in [1.82, 2.24) is 4.90 Å². The zero-order valence-electron chi connectivity index (χ0n) is 11.7. The van der Waals surface area contributed by atoms with Crippen LogP contribution in [-0.4, -0.2) is 29.7 Å². The third-order valence-electron chi connectivity index (χ3n) is 3.50. The highest BCUT2D eigenvalue weighted by Gasteiger charge is 2.18. The van der Waals surface area contributed by atoms with Crippen molar-refractivity contribution in [2.24, 2.45) is 5.92 Å². The molecule has 2 rings (SSSR count). The van der Waals surface area contributed by atoms with Crippen LogP contribution in [0, 0.1) is 5.92 Å². The number of ether oxygens (including phenoxy) is 1. The molecule has 3 nitrogen and oxygen atoms in total. The number of para-hydroxylation sites is 2. The Kier molecular flexibility index (Phi) is 5.02. The zero-order chi connectivity index (χ0) is 13.7. The lowest BCUT2D eigenvalue weighted by atomic mass is 10.00. The lowest BCUT2D eigenvalue weighted by molar-refractivity contribution is 0.283. The highest BCUT2D eigenvalue weighted by molar-refractivity contribution is 7.80. The van der Waals surface area contributed by atoms with Crippen molar-refractivity contribution in [1.29, 1.82) is 0 Å². The summed E-state index contributed by atoms with van der Waals surface area (Å²) in [7, 11) is 0. The van der Waals surface area contributed by atoms with Gasteiger partial charge in [0.25, 0.3) is 0 Å². The van der Waals surface area contributed by atoms with E-state index in [-0.39, 0.29) is 0 Å². The highest BCUT2D eigenvalue weighted by Crippen LogP contribution is 2.25. The Morgan fingerprint density at radius 1 is 1.37 bits per heavy atom. The maximum Gasteiger partial charge on any atom is 0.173 e. The van der Waals surface area contributed by atoms with Crippen LogP contribution >= 0.6 is 12.2 Å². The minimum absolute atomic E-state index is 0.659. The Hall–Kier alpha value is -1.29. The number of thiocarbonyl (C=S) groups is 1. The molecule has 0 radical (unpaired) electrons. The third-order valence-corrected chi connectivity index (χ3v) is 3.86. The van der Waals surface area contributed by atoms with E-state index in [0.717, 1.165) is 35.6 Å². The molecule has 1 aromatic carbocycles. The Balaban J connectivity index is 1.98. The summed E-state index contributed by atoms with van der Waals surface area (Å²) in [5.41, 5.74) is 0.952. The minimum Gasteiger partial charge on any atom is -0.492 e. The molecule has 1 aliphatic heterocycles. The standard InChI is InChI=1S/C15H22N2OS/c1-3-18-14-7-5-4-6-13(14)16-15(19)17-10-8-12(2)9-11-17/h4-7,12H,3,8-11H2,1-2H3,(H,16,19). The number of hydrogen-bond acceptors (Lipinski definition) is 2. The van der Waals surface area contributed by atoms with E-state index in [9.17, 15) is 0 Å². The predicted octanol–water partition coefficient (Wildman–Crippen LogP) is 3.51. The Bertz CT molecular complexity index is 428. The topological polar surface area (TPSA) is 24.5 Å². The Morgan fingerprint density at radius 2 is 2.05 bits per heavy atom. The van der Waals surface area contributed by atoms with E-state index < -0.39 is 0 Å². The number of nitrogens with zero attached hydrogens (tertiary/aromatic N) is 1. The first kappa shape index (κ1) is 14.1. The summed E-state index contributed by atoms with van der Waals surface area (Å²) in [6.45, 7) is 7.04. The van der Waals surface area contributed by atoms with Crippen LogP contribution in [0.1, 0.15) is 26.7 Å². The van der Waals surface area contributed by atoms with Crippen molar-refractivity contribution >= 4 is 23.0 Å². The van der Waals surface area contributed by atoms with Crippen LogP contribution in [0.2, 0.25) is 0 Å². The number of hydrogen-bond donors (Lipinski definition) is 1. The van der Waals surface area contributed by atoms with Crippen LogP contribution in [0.4, 0.5) is 5.69 Å². The molecule has 0 unspecified atom stereocenters. The number of likely N-dealkylation sites (tertiary alicyclic amines) is 1. The number of benzene rings is 1.